The molecule has 4 nitrogen and oxygen atoms in total. The largest absolute Gasteiger partial charge is 0.271 e. The van der Waals surface area contributed by atoms with Crippen LogP contribution in [0.2, 0.25) is 10.0 Å². The zero-order valence-electron chi connectivity index (χ0n) is 12.4. The van der Waals surface area contributed by atoms with Crippen LogP contribution in [0.5, 0.6) is 0 Å². The molecule has 116 valence electrons. The average Bonchev–Trinajstić information content (AvgIpc) is 2.75. The molecule has 2 heterocycles. The van der Waals surface area contributed by atoms with E-state index in [0.717, 1.165) is 10.6 Å². The first-order chi connectivity index (χ1) is 10.4. The SMILES string of the molecule is CC1=Nc2c(c(=O)[nH]n2C(C)C)[C@@H](c2ccc(Cl)cc2Cl)S1. The molecule has 0 saturated carbocycles. The van der Waals surface area contributed by atoms with E-state index in [-0.39, 0.29) is 16.9 Å². The molecule has 3 rings (SSSR count). The van der Waals surface area contributed by atoms with E-state index in [1.165, 1.54) is 11.8 Å². The van der Waals surface area contributed by atoms with E-state index in [4.69, 9.17) is 23.2 Å². The summed E-state index contributed by atoms with van der Waals surface area (Å²) in [6.07, 6.45) is 0. The van der Waals surface area contributed by atoms with Gasteiger partial charge in [0.15, 0.2) is 5.82 Å². The zero-order valence-corrected chi connectivity index (χ0v) is 14.7. The van der Waals surface area contributed by atoms with Gasteiger partial charge in [-0.1, -0.05) is 41.0 Å². The third-order valence-electron chi connectivity index (χ3n) is 3.51. The van der Waals surface area contributed by atoms with E-state index in [9.17, 15) is 4.79 Å². The highest BCUT2D eigenvalue weighted by molar-refractivity contribution is 8.14. The van der Waals surface area contributed by atoms with Crippen molar-refractivity contribution in [2.75, 3.05) is 0 Å². The minimum Gasteiger partial charge on any atom is -0.268 e. The number of hydrogen-bond acceptors (Lipinski definition) is 3. The molecule has 1 aliphatic rings. The number of halogens is 2. The Morgan fingerprint density at radius 3 is 2.73 bits per heavy atom. The number of benzene rings is 1. The van der Waals surface area contributed by atoms with Gasteiger partial charge in [-0.3, -0.25) is 14.6 Å². The van der Waals surface area contributed by atoms with Crippen LogP contribution < -0.4 is 5.56 Å². The Morgan fingerprint density at radius 2 is 2.09 bits per heavy atom. The second-order valence-electron chi connectivity index (χ2n) is 5.44. The highest BCUT2D eigenvalue weighted by Crippen LogP contribution is 2.46. The minimum atomic E-state index is -0.180. The number of aliphatic imine (C=N–C) groups is 1. The molecule has 1 aliphatic heterocycles. The van der Waals surface area contributed by atoms with Crippen molar-refractivity contribution >= 4 is 45.8 Å². The number of hydrogen-bond donors (Lipinski definition) is 1. The van der Waals surface area contributed by atoms with Crippen molar-refractivity contribution in [1.29, 1.82) is 0 Å². The van der Waals surface area contributed by atoms with Gasteiger partial charge in [-0.05, 0) is 38.5 Å². The van der Waals surface area contributed by atoms with Gasteiger partial charge in [0, 0.05) is 16.1 Å². The molecule has 0 aliphatic carbocycles. The van der Waals surface area contributed by atoms with Crippen molar-refractivity contribution in [2.24, 2.45) is 4.99 Å². The van der Waals surface area contributed by atoms with E-state index in [0.29, 0.717) is 21.4 Å². The minimum absolute atomic E-state index is 0.122. The summed E-state index contributed by atoms with van der Waals surface area (Å²) in [4.78, 5) is 17.0. The first kappa shape index (κ1) is 15.7. The Kier molecular flexibility index (Phi) is 4.14. The number of H-pyrrole nitrogens is 1. The fraction of sp³-hybridized carbons (Fsp3) is 0.333. The smallest absolute Gasteiger partial charge is 0.268 e. The van der Waals surface area contributed by atoms with Crippen LogP contribution in [0.25, 0.3) is 0 Å². The van der Waals surface area contributed by atoms with Gasteiger partial charge < -0.3 is 0 Å². The maximum atomic E-state index is 12.4. The molecule has 1 aromatic heterocycles. The number of nitrogens with zero attached hydrogens (tertiary/aromatic N) is 2. The topological polar surface area (TPSA) is 50.1 Å². The van der Waals surface area contributed by atoms with Crippen LogP contribution in [-0.2, 0) is 0 Å². The highest BCUT2D eigenvalue weighted by Gasteiger charge is 2.31. The maximum absolute atomic E-state index is 12.4. The van der Waals surface area contributed by atoms with Crippen molar-refractivity contribution in [2.45, 2.75) is 32.1 Å². The van der Waals surface area contributed by atoms with Gasteiger partial charge in [0.05, 0.1) is 15.9 Å². The summed E-state index contributed by atoms with van der Waals surface area (Å²) in [5.41, 5.74) is 1.40. The highest BCUT2D eigenvalue weighted by atomic mass is 35.5. The van der Waals surface area contributed by atoms with Crippen LogP contribution in [0.3, 0.4) is 0 Å². The van der Waals surface area contributed by atoms with Gasteiger partial charge in [0.2, 0.25) is 0 Å². The fourth-order valence-corrected chi connectivity index (χ4v) is 4.24. The van der Waals surface area contributed by atoms with E-state index in [2.05, 4.69) is 10.1 Å². The summed E-state index contributed by atoms with van der Waals surface area (Å²) in [6.45, 7) is 5.95. The van der Waals surface area contributed by atoms with Crippen LogP contribution in [0, 0.1) is 0 Å². The molecule has 0 spiro atoms. The van der Waals surface area contributed by atoms with Crippen molar-refractivity contribution in [1.82, 2.24) is 9.78 Å². The maximum Gasteiger partial charge on any atom is 0.271 e. The molecular weight excluding hydrogens is 341 g/mol. The number of fused-ring (bicyclic) bond motifs is 1. The number of aromatic nitrogens is 2. The molecule has 1 aromatic carbocycles. The van der Waals surface area contributed by atoms with Gasteiger partial charge in [-0.15, -0.1) is 0 Å². The van der Waals surface area contributed by atoms with Gasteiger partial charge in [-0.25, -0.2) is 4.99 Å². The second-order valence-corrected chi connectivity index (χ2v) is 7.58. The van der Waals surface area contributed by atoms with Crippen LogP contribution in [-0.4, -0.2) is 14.8 Å². The van der Waals surface area contributed by atoms with Crippen molar-refractivity contribution < 1.29 is 0 Å². The van der Waals surface area contributed by atoms with Crippen molar-refractivity contribution in [3.63, 3.8) is 0 Å². The molecule has 22 heavy (non-hydrogen) atoms. The summed E-state index contributed by atoms with van der Waals surface area (Å²) in [6, 6.07) is 5.49. The summed E-state index contributed by atoms with van der Waals surface area (Å²) in [5.74, 6) is 0.687. The third-order valence-corrected chi connectivity index (χ3v) is 5.23. The first-order valence-corrected chi connectivity index (χ1v) is 8.53. The van der Waals surface area contributed by atoms with Gasteiger partial charge in [-0.2, -0.15) is 0 Å². The third kappa shape index (κ3) is 2.62. The lowest BCUT2D eigenvalue weighted by atomic mass is 10.1. The fourth-order valence-electron chi connectivity index (χ4n) is 2.52. The standard InChI is InChI=1S/C15H15Cl2N3OS/c1-7(2)20-14-12(15(21)19-20)13(22-8(3)18-14)10-5-4-9(16)6-11(10)17/h4-7,13H,1-3H3,(H,19,21)/t13-/m1/s1. The number of aromatic amines is 1. The first-order valence-electron chi connectivity index (χ1n) is 6.89. The lowest BCUT2D eigenvalue weighted by Gasteiger charge is -2.22. The van der Waals surface area contributed by atoms with Gasteiger partial charge >= 0.3 is 0 Å². The molecule has 1 atom stereocenters. The molecule has 0 bridgehead atoms. The predicted molar refractivity (Wildman–Crippen MR) is 94.1 cm³/mol. The Morgan fingerprint density at radius 1 is 1.36 bits per heavy atom. The Balaban J connectivity index is 2.22. The molecular formula is C15H15Cl2N3OS. The second kappa shape index (κ2) is 5.80. The normalized spacial score (nSPS) is 17.5. The molecule has 7 heteroatoms. The summed E-state index contributed by atoms with van der Waals surface area (Å²) in [5, 5.41) is 4.73. The number of nitrogens with one attached hydrogen (secondary N) is 1. The van der Waals surface area contributed by atoms with E-state index in [1.807, 2.05) is 26.8 Å². The molecule has 0 amide bonds. The van der Waals surface area contributed by atoms with Crippen LogP contribution in [0.1, 0.15) is 43.2 Å². The van der Waals surface area contributed by atoms with Crippen LogP contribution >= 0.6 is 35.0 Å². The lowest BCUT2D eigenvalue weighted by molar-refractivity contribution is 0.533. The molecule has 0 radical (unpaired) electrons. The number of thioether (sulfide) groups is 1. The van der Waals surface area contributed by atoms with Crippen molar-refractivity contribution in [3.8, 4) is 0 Å². The average molecular weight is 356 g/mol. The van der Waals surface area contributed by atoms with Crippen LogP contribution in [0.15, 0.2) is 28.0 Å². The van der Waals surface area contributed by atoms with E-state index in [1.54, 1.807) is 16.8 Å². The zero-order chi connectivity index (χ0) is 16.0. The van der Waals surface area contributed by atoms with E-state index >= 15 is 0 Å². The molecule has 2 aromatic rings. The Hall–Kier alpha value is -1.17. The molecule has 0 fully saturated rings. The van der Waals surface area contributed by atoms with Crippen LogP contribution in [0.4, 0.5) is 5.82 Å². The lowest BCUT2D eigenvalue weighted by Crippen LogP contribution is -2.13. The van der Waals surface area contributed by atoms with E-state index < -0.39 is 0 Å². The van der Waals surface area contributed by atoms with Gasteiger partial charge in [0.1, 0.15) is 0 Å². The Bertz CT molecular complexity index is 823. The summed E-state index contributed by atoms with van der Waals surface area (Å²) >= 11 is 13.8. The summed E-state index contributed by atoms with van der Waals surface area (Å²) in [7, 11) is 0. The molecule has 1 N–H and O–H groups in total. The Labute approximate surface area is 142 Å². The molecule has 0 unspecified atom stereocenters. The molecule has 0 saturated heterocycles. The summed E-state index contributed by atoms with van der Waals surface area (Å²) < 4.78 is 1.80. The predicted octanol–water partition coefficient (Wildman–Crippen LogP) is 4.95. The quantitative estimate of drug-likeness (QED) is 0.828. The number of rotatable bonds is 2. The van der Waals surface area contributed by atoms with Crippen molar-refractivity contribution in [3.05, 3.63) is 49.7 Å². The monoisotopic (exact) mass is 355 g/mol. The van der Waals surface area contributed by atoms with Gasteiger partial charge in [0.25, 0.3) is 5.56 Å².